The highest BCUT2D eigenvalue weighted by molar-refractivity contribution is 5.93. The fourth-order valence-corrected chi connectivity index (χ4v) is 5.98. The topological polar surface area (TPSA) is 74.6 Å². The zero-order valence-electron chi connectivity index (χ0n) is 27.7. The summed E-state index contributed by atoms with van der Waals surface area (Å²) < 4.78 is 0. The number of aryl methyl sites for hydroxylation is 2. The van der Waals surface area contributed by atoms with E-state index in [1.165, 1.54) is 0 Å². The molecule has 6 aromatic carbocycles. The van der Waals surface area contributed by atoms with Crippen molar-refractivity contribution in [3.05, 3.63) is 202 Å². The van der Waals surface area contributed by atoms with Gasteiger partial charge < -0.3 is 10.2 Å². The van der Waals surface area contributed by atoms with E-state index >= 15 is 0 Å². The van der Waals surface area contributed by atoms with E-state index in [0.29, 0.717) is 12.8 Å². The summed E-state index contributed by atoms with van der Waals surface area (Å²) in [5.41, 5.74) is 13.0. The number of carboxylic acids is 2. The number of aliphatic carboxylic acids is 2. The Morgan fingerprint density at radius 1 is 0.400 bits per heavy atom. The third kappa shape index (κ3) is 9.00. The van der Waals surface area contributed by atoms with Crippen LogP contribution in [0.2, 0.25) is 0 Å². The third-order valence-electron chi connectivity index (χ3n) is 8.73. The van der Waals surface area contributed by atoms with Crippen molar-refractivity contribution in [2.75, 3.05) is 0 Å². The molecule has 6 rings (SSSR count). The lowest BCUT2D eigenvalue weighted by atomic mass is 9.93. The third-order valence-corrected chi connectivity index (χ3v) is 8.73. The largest absolute Gasteiger partial charge is 0.481 e. The Morgan fingerprint density at radius 3 is 1.04 bits per heavy atom. The van der Waals surface area contributed by atoms with Crippen LogP contribution in [0.25, 0.3) is 34.4 Å². The minimum atomic E-state index is -0.789. The summed E-state index contributed by atoms with van der Waals surface area (Å²) in [5.74, 6) is -1.58. The lowest BCUT2D eigenvalue weighted by Crippen LogP contribution is -1.97. The molecule has 0 spiro atoms. The maximum atomic E-state index is 11.0. The molecule has 0 amide bonds. The van der Waals surface area contributed by atoms with E-state index in [1.54, 1.807) is 0 Å². The second-order valence-corrected chi connectivity index (χ2v) is 12.3. The van der Waals surface area contributed by atoms with Gasteiger partial charge in [-0.15, -0.1) is 0 Å². The number of benzene rings is 6. The normalized spacial score (nSPS) is 11.7. The molecule has 0 saturated heterocycles. The van der Waals surface area contributed by atoms with Crippen LogP contribution in [0.3, 0.4) is 0 Å². The molecule has 0 heterocycles. The Bertz CT molecular complexity index is 1930. The summed E-state index contributed by atoms with van der Waals surface area (Å²) in [6, 6.07) is 54.1. The standard InChI is InChI=1S/C46H38O4/c47-45(48)29-19-33-11-25-41(26-12-33)43(39-7-3-1-4-8-39)31-35-15-21-37(22-16-35)38-23-17-36(18-24-38)32-44(40-9-5-2-6-10-40)42-27-13-34(14-28-42)20-30-46(49)50/h1-18,21-28,31-32H,19-20,29-30H2,(H,47,48)(H,49,50)/b43-31+,44-32+. The van der Waals surface area contributed by atoms with E-state index in [2.05, 4.69) is 109 Å². The van der Waals surface area contributed by atoms with Crippen LogP contribution in [0.5, 0.6) is 0 Å². The van der Waals surface area contributed by atoms with E-state index in [0.717, 1.165) is 66.8 Å². The molecule has 0 bridgehead atoms. The molecule has 0 aliphatic carbocycles. The van der Waals surface area contributed by atoms with Gasteiger partial charge in [-0.25, -0.2) is 0 Å². The van der Waals surface area contributed by atoms with Gasteiger partial charge in [0.05, 0.1) is 0 Å². The molecule has 0 radical (unpaired) electrons. The van der Waals surface area contributed by atoms with Gasteiger partial charge in [-0.2, -0.15) is 0 Å². The van der Waals surface area contributed by atoms with Gasteiger partial charge in [0.2, 0.25) is 0 Å². The Morgan fingerprint density at radius 2 is 0.720 bits per heavy atom. The van der Waals surface area contributed by atoms with Crippen LogP contribution in [0.15, 0.2) is 158 Å². The van der Waals surface area contributed by atoms with Gasteiger partial charge >= 0.3 is 11.9 Å². The van der Waals surface area contributed by atoms with Crippen molar-refractivity contribution in [2.24, 2.45) is 0 Å². The molecule has 4 heteroatoms. The minimum Gasteiger partial charge on any atom is -0.481 e. The minimum absolute atomic E-state index is 0.119. The summed E-state index contributed by atoms with van der Waals surface area (Å²) in [5, 5.41) is 18.1. The molecule has 2 N–H and O–H groups in total. The number of carboxylic acid groups (broad SMARTS) is 2. The molecule has 6 aromatic rings. The molecular formula is C46H38O4. The smallest absolute Gasteiger partial charge is 0.303 e. The van der Waals surface area contributed by atoms with E-state index in [-0.39, 0.29) is 12.8 Å². The van der Waals surface area contributed by atoms with Crippen LogP contribution < -0.4 is 0 Å². The first-order chi connectivity index (χ1) is 24.4. The van der Waals surface area contributed by atoms with Gasteiger partial charge in [-0.3, -0.25) is 9.59 Å². The molecule has 0 atom stereocenters. The molecule has 246 valence electrons. The monoisotopic (exact) mass is 654 g/mol. The Balaban J connectivity index is 1.23. The zero-order chi connectivity index (χ0) is 34.7. The fraction of sp³-hybridized carbons (Fsp3) is 0.0870. The highest BCUT2D eigenvalue weighted by Gasteiger charge is 2.09. The quantitative estimate of drug-likeness (QED) is 0.122. The van der Waals surface area contributed by atoms with Gasteiger partial charge in [-0.1, -0.05) is 158 Å². The highest BCUT2D eigenvalue weighted by Crippen LogP contribution is 2.30. The zero-order valence-corrected chi connectivity index (χ0v) is 27.7. The fourth-order valence-electron chi connectivity index (χ4n) is 5.98. The maximum absolute atomic E-state index is 11.0. The van der Waals surface area contributed by atoms with Crippen LogP contribution in [0.1, 0.15) is 57.3 Å². The Labute approximate surface area is 293 Å². The number of hydrogen-bond acceptors (Lipinski definition) is 2. The predicted molar refractivity (Wildman–Crippen MR) is 204 cm³/mol. The number of carbonyl (C=O) groups is 2. The first-order valence-electron chi connectivity index (χ1n) is 16.8. The average molecular weight is 655 g/mol. The molecule has 0 aliphatic rings. The molecule has 50 heavy (non-hydrogen) atoms. The van der Waals surface area contributed by atoms with Crippen LogP contribution in [-0.2, 0) is 22.4 Å². The summed E-state index contributed by atoms with van der Waals surface area (Å²) in [6.07, 6.45) is 5.66. The molecule has 0 saturated carbocycles. The molecule has 4 nitrogen and oxygen atoms in total. The first-order valence-corrected chi connectivity index (χ1v) is 16.8. The van der Waals surface area contributed by atoms with E-state index < -0.39 is 11.9 Å². The maximum Gasteiger partial charge on any atom is 0.303 e. The summed E-state index contributed by atoms with van der Waals surface area (Å²) in [4.78, 5) is 22.0. The second-order valence-electron chi connectivity index (χ2n) is 12.3. The van der Waals surface area contributed by atoms with Crippen molar-refractivity contribution >= 4 is 35.2 Å². The molecule has 0 fully saturated rings. The van der Waals surface area contributed by atoms with E-state index in [4.69, 9.17) is 10.2 Å². The highest BCUT2D eigenvalue weighted by atomic mass is 16.4. The SMILES string of the molecule is O=C(O)CCc1ccc(/C(=C/c2ccc(-c3ccc(/C=C(\c4ccccc4)c4ccc(CCC(=O)O)cc4)cc3)cc2)c2ccccc2)cc1. The first kappa shape index (κ1) is 33.6. The summed E-state index contributed by atoms with van der Waals surface area (Å²) in [6.45, 7) is 0. The van der Waals surface area contributed by atoms with Crippen molar-refractivity contribution in [2.45, 2.75) is 25.7 Å². The molecule has 0 aliphatic heterocycles. The lowest BCUT2D eigenvalue weighted by molar-refractivity contribution is -0.138. The second kappa shape index (κ2) is 16.2. The van der Waals surface area contributed by atoms with E-state index in [9.17, 15) is 9.59 Å². The predicted octanol–water partition coefficient (Wildman–Crippen LogP) is 10.6. The van der Waals surface area contributed by atoms with Crippen molar-refractivity contribution in [3.8, 4) is 11.1 Å². The van der Waals surface area contributed by atoms with Crippen LogP contribution in [0.4, 0.5) is 0 Å². The van der Waals surface area contributed by atoms with Crippen LogP contribution >= 0.6 is 0 Å². The summed E-state index contributed by atoms with van der Waals surface area (Å²) >= 11 is 0. The molecule has 0 unspecified atom stereocenters. The number of rotatable bonds is 13. The number of hydrogen-bond donors (Lipinski definition) is 2. The van der Waals surface area contributed by atoms with Crippen molar-refractivity contribution in [3.63, 3.8) is 0 Å². The Hall–Kier alpha value is -6.26. The van der Waals surface area contributed by atoms with Crippen molar-refractivity contribution in [1.29, 1.82) is 0 Å². The lowest BCUT2D eigenvalue weighted by Gasteiger charge is -2.11. The van der Waals surface area contributed by atoms with Crippen molar-refractivity contribution in [1.82, 2.24) is 0 Å². The van der Waals surface area contributed by atoms with Gasteiger partial charge in [0, 0.05) is 12.8 Å². The molecular weight excluding hydrogens is 617 g/mol. The van der Waals surface area contributed by atoms with Gasteiger partial charge in [-0.05, 0) is 91.8 Å². The average Bonchev–Trinajstić information content (AvgIpc) is 3.16. The van der Waals surface area contributed by atoms with Gasteiger partial charge in [0.25, 0.3) is 0 Å². The Kier molecular flexibility index (Phi) is 10.9. The van der Waals surface area contributed by atoms with Crippen molar-refractivity contribution < 1.29 is 19.8 Å². The van der Waals surface area contributed by atoms with Crippen LogP contribution in [0, 0.1) is 0 Å². The van der Waals surface area contributed by atoms with Gasteiger partial charge in [0.1, 0.15) is 0 Å². The summed E-state index contributed by atoms with van der Waals surface area (Å²) in [7, 11) is 0. The van der Waals surface area contributed by atoms with E-state index in [1.807, 2.05) is 60.7 Å². The molecule has 0 aromatic heterocycles. The van der Waals surface area contributed by atoms with Gasteiger partial charge in [0.15, 0.2) is 0 Å². The van der Waals surface area contributed by atoms with Crippen LogP contribution in [-0.4, -0.2) is 22.2 Å².